The number of ether oxygens (including phenoxy) is 2. The Bertz CT molecular complexity index is 691. The second-order valence-electron chi connectivity index (χ2n) is 8.59. The number of amides is 1. The third kappa shape index (κ3) is 10.9. The lowest BCUT2D eigenvalue weighted by molar-refractivity contribution is -0.158. The van der Waals surface area contributed by atoms with Gasteiger partial charge in [-0.3, -0.25) is 9.59 Å². The molecule has 29 heavy (non-hydrogen) atoms. The van der Waals surface area contributed by atoms with Crippen LogP contribution in [-0.2, 0) is 25.6 Å². The number of esters is 2. The van der Waals surface area contributed by atoms with Crippen LogP contribution in [-0.4, -0.2) is 35.1 Å². The molecule has 0 saturated carbocycles. The van der Waals surface area contributed by atoms with Crippen molar-refractivity contribution in [3.8, 4) is 0 Å². The maximum Gasteiger partial charge on any atom is 0.329 e. The third-order valence-electron chi connectivity index (χ3n) is 3.51. The van der Waals surface area contributed by atoms with Gasteiger partial charge in [0.25, 0.3) is 5.91 Å². The molecule has 1 atom stereocenters. The van der Waals surface area contributed by atoms with E-state index in [4.69, 9.17) is 15.2 Å². The van der Waals surface area contributed by atoms with Gasteiger partial charge in [0.15, 0.2) is 0 Å². The molecule has 0 aliphatic rings. The van der Waals surface area contributed by atoms with Crippen molar-refractivity contribution >= 4 is 30.3 Å². The smallest absolute Gasteiger partial charge is 0.329 e. The number of nitrogens with one attached hydrogen (secondary N) is 1. The second kappa shape index (κ2) is 11.2. The molecule has 0 aliphatic heterocycles. The molecule has 7 nitrogen and oxygen atoms in total. The zero-order valence-corrected chi connectivity index (χ0v) is 18.9. The number of rotatable bonds is 7. The first kappa shape index (κ1) is 26.9. The van der Waals surface area contributed by atoms with E-state index in [2.05, 4.69) is 5.32 Å². The number of halogens is 1. The Hall–Kier alpha value is -2.12. The molecule has 0 saturated heterocycles. The highest BCUT2D eigenvalue weighted by Crippen LogP contribution is 2.14. The van der Waals surface area contributed by atoms with Crippen molar-refractivity contribution in [2.24, 2.45) is 5.73 Å². The predicted molar refractivity (Wildman–Crippen MR) is 114 cm³/mol. The quantitative estimate of drug-likeness (QED) is 0.646. The highest BCUT2D eigenvalue weighted by molar-refractivity contribution is 5.97. The van der Waals surface area contributed by atoms with Gasteiger partial charge in [0.1, 0.15) is 17.2 Å². The van der Waals surface area contributed by atoms with E-state index in [0.29, 0.717) is 12.1 Å². The summed E-state index contributed by atoms with van der Waals surface area (Å²) in [5.74, 6) is -1.46. The Labute approximate surface area is 179 Å². The van der Waals surface area contributed by atoms with Crippen LogP contribution in [0, 0.1) is 0 Å². The fourth-order valence-electron chi connectivity index (χ4n) is 2.31. The monoisotopic (exact) mass is 428 g/mol. The van der Waals surface area contributed by atoms with Crippen molar-refractivity contribution in [1.82, 2.24) is 5.32 Å². The second-order valence-corrected chi connectivity index (χ2v) is 8.59. The molecule has 1 rings (SSSR count). The molecule has 1 aromatic carbocycles. The fourth-order valence-corrected chi connectivity index (χ4v) is 2.31. The van der Waals surface area contributed by atoms with Gasteiger partial charge in [-0.15, -0.1) is 12.4 Å². The SMILES string of the molecule is CC(C)(C)OC(=O)CCC(NC(=O)c1ccc(CN)cc1)C(=O)OC(C)(C)C.Cl. The van der Waals surface area contributed by atoms with E-state index in [9.17, 15) is 14.4 Å². The lowest BCUT2D eigenvalue weighted by Crippen LogP contribution is -2.44. The maximum absolute atomic E-state index is 12.5. The summed E-state index contributed by atoms with van der Waals surface area (Å²) in [7, 11) is 0. The number of benzene rings is 1. The van der Waals surface area contributed by atoms with Gasteiger partial charge in [-0.2, -0.15) is 0 Å². The van der Waals surface area contributed by atoms with Crippen LogP contribution in [0.1, 0.15) is 70.3 Å². The van der Waals surface area contributed by atoms with Crippen LogP contribution < -0.4 is 11.1 Å². The first-order valence-electron chi connectivity index (χ1n) is 9.35. The first-order chi connectivity index (χ1) is 12.8. The van der Waals surface area contributed by atoms with Gasteiger partial charge in [0, 0.05) is 18.5 Å². The summed E-state index contributed by atoms with van der Waals surface area (Å²) in [6.07, 6.45) is 0.0595. The predicted octanol–water partition coefficient (Wildman–Crippen LogP) is 3.13. The Balaban J connectivity index is 0.00000784. The molecule has 1 unspecified atom stereocenters. The normalized spacial score (nSPS) is 12.4. The summed E-state index contributed by atoms with van der Waals surface area (Å²) in [6.45, 7) is 10.9. The number of nitrogens with two attached hydrogens (primary N) is 1. The molecular formula is C21H33ClN2O5. The zero-order chi connectivity index (χ0) is 21.5. The van der Waals surface area contributed by atoms with Gasteiger partial charge in [0.2, 0.25) is 0 Å². The highest BCUT2D eigenvalue weighted by Gasteiger charge is 2.28. The lowest BCUT2D eigenvalue weighted by Gasteiger charge is -2.25. The van der Waals surface area contributed by atoms with E-state index in [1.165, 1.54) is 0 Å². The third-order valence-corrected chi connectivity index (χ3v) is 3.51. The number of carbonyl (C=O) groups excluding carboxylic acids is 3. The van der Waals surface area contributed by atoms with Gasteiger partial charge in [-0.05, 0) is 65.7 Å². The molecule has 0 aromatic heterocycles. The van der Waals surface area contributed by atoms with E-state index in [1.807, 2.05) is 0 Å². The summed E-state index contributed by atoms with van der Waals surface area (Å²) in [5, 5.41) is 2.66. The molecule has 0 heterocycles. The fraction of sp³-hybridized carbons (Fsp3) is 0.571. The van der Waals surface area contributed by atoms with Crippen LogP contribution in [0.25, 0.3) is 0 Å². The summed E-state index contributed by atoms with van der Waals surface area (Å²) in [6, 6.07) is 5.80. The molecule has 0 aliphatic carbocycles. The van der Waals surface area contributed by atoms with E-state index in [1.54, 1.807) is 65.8 Å². The Kier molecular flexibility index (Phi) is 10.3. The Morgan fingerprint density at radius 3 is 1.93 bits per heavy atom. The average Bonchev–Trinajstić information content (AvgIpc) is 2.55. The standard InChI is InChI=1S/C21H32N2O5.ClH/c1-20(2,3)27-17(24)12-11-16(19(26)28-21(4,5)6)23-18(25)15-9-7-14(13-22)8-10-15;/h7-10,16H,11-13,22H2,1-6H3,(H,23,25);1H. The molecule has 0 spiro atoms. The molecule has 1 amide bonds. The number of hydrogen-bond donors (Lipinski definition) is 2. The van der Waals surface area contributed by atoms with Gasteiger partial charge in [0.05, 0.1) is 0 Å². The summed E-state index contributed by atoms with van der Waals surface area (Å²) in [5.41, 5.74) is 5.51. The lowest BCUT2D eigenvalue weighted by atomic mass is 10.1. The number of hydrogen-bond acceptors (Lipinski definition) is 6. The Morgan fingerprint density at radius 1 is 0.966 bits per heavy atom. The van der Waals surface area contributed by atoms with Crippen molar-refractivity contribution in [3.63, 3.8) is 0 Å². The molecule has 164 valence electrons. The molecular weight excluding hydrogens is 396 g/mol. The van der Waals surface area contributed by atoms with Gasteiger partial charge in [-0.25, -0.2) is 4.79 Å². The molecule has 0 fully saturated rings. The van der Waals surface area contributed by atoms with Crippen LogP contribution in [0.4, 0.5) is 0 Å². The zero-order valence-electron chi connectivity index (χ0n) is 18.0. The van der Waals surface area contributed by atoms with Crippen LogP contribution in [0.2, 0.25) is 0 Å². The first-order valence-corrected chi connectivity index (χ1v) is 9.35. The molecule has 1 aromatic rings. The van der Waals surface area contributed by atoms with Crippen LogP contribution >= 0.6 is 12.4 Å². The largest absolute Gasteiger partial charge is 0.460 e. The molecule has 3 N–H and O–H groups in total. The van der Waals surface area contributed by atoms with Crippen molar-refractivity contribution in [2.75, 3.05) is 0 Å². The minimum Gasteiger partial charge on any atom is -0.460 e. The molecule has 0 bridgehead atoms. The summed E-state index contributed by atoms with van der Waals surface area (Å²) in [4.78, 5) is 37.0. The van der Waals surface area contributed by atoms with Crippen LogP contribution in [0.3, 0.4) is 0 Å². The Morgan fingerprint density at radius 2 is 1.48 bits per heavy atom. The topological polar surface area (TPSA) is 108 Å². The summed E-state index contributed by atoms with van der Waals surface area (Å²) >= 11 is 0. The van der Waals surface area contributed by atoms with E-state index < -0.39 is 35.1 Å². The number of carbonyl (C=O) groups is 3. The van der Waals surface area contributed by atoms with Crippen molar-refractivity contribution in [1.29, 1.82) is 0 Å². The maximum atomic E-state index is 12.5. The summed E-state index contributed by atoms with van der Waals surface area (Å²) < 4.78 is 10.7. The van der Waals surface area contributed by atoms with E-state index in [0.717, 1.165) is 5.56 Å². The minimum atomic E-state index is -0.964. The van der Waals surface area contributed by atoms with Crippen molar-refractivity contribution in [2.45, 2.75) is 78.2 Å². The highest BCUT2D eigenvalue weighted by atomic mass is 35.5. The van der Waals surface area contributed by atoms with Gasteiger partial charge >= 0.3 is 11.9 Å². The van der Waals surface area contributed by atoms with Crippen molar-refractivity contribution in [3.05, 3.63) is 35.4 Å². The van der Waals surface area contributed by atoms with Crippen LogP contribution in [0.5, 0.6) is 0 Å². The average molecular weight is 429 g/mol. The molecule has 8 heteroatoms. The minimum absolute atomic E-state index is 0. The van der Waals surface area contributed by atoms with Crippen LogP contribution in [0.15, 0.2) is 24.3 Å². The van der Waals surface area contributed by atoms with Gasteiger partial charge < -0.3 is 20.5 Å². The van der Waals surface area contributed by atoms with Crippen molar-refractivity contribution < 1.29 is 23.9 Å². The van der Waals surface area contributed by atoms with Gasteiger partial charge in [-0.1, -0.05) is 12.1 Å². The van der Waals surface area contributed by atoms with E-state index in [-0.39, 0.29) is 25.2 Å². The molecule has 0 radical (unpaired) electrons. The van der Waals surface area contributed by atoms with E-state index >= 15 is 0 Å².